The van der Waals surface area contributed by atoms with Gasteiger partial charge in [0.1, 0.15) is 0 Å². The molecule has 0 unspecified atom stereocenters. The molecule has 0 saturated heterocycles. The molecule has 2 rings (SSSR count). The highest BCUT2D eigenvalue weighted by atomic mass is 32.2. The fraction of sp³-hybridized carbons (Fsp3) is 0.333. The van der Waals surface area contributed by atoms with Gasteiger partial charge in [0, 0.05) is 12.2 Å². The summed E-state index contributed by atoms with van der Waals surface area (Å²) in [6.07, 6.45) is 0.687. The highest BCUT2D eigenvalue weighted by Gasteiger charge is 2.16. The van der Waals surface area contributed by atoms with Crippen LogP contribution in [-0.2, 0) is 20.0 Å². The van der Waals surface area contributed by atoms with Crippen molar-refractivity contribution in [2.45, 2.75) is 42.9 Å². The fourth-order valence-electron chi connectivity index (χ4n) is 2.27. The average molecular weight is 397 g/mol. The molecule has 0 heterocycles. The van der Waals surface area contributed by atoms with Crippen LogP contribution >= 0.6 is 0 Å². The van der Waals surface area contributed by atoms with Crippen LogP contribution in [0, 0.1) is 0 Å². The Bertz CT molecular complexity index is 934. The summed E-state index contributed by atoms with van der Waals surface area (Å²) in [5.41, 5.74) is 1.35. The van der Waals surface area contributed by atoms with Gasteiger partial charge in [-0.1, -0.05) is 32.9 Å². The maximum Gasteiger partial charge on any atom is 0.261 e. The van der Waals surface area contributed by atoms with E-state index in [1.807, 2.05) is 20.8 Å². The van der Waals surface area contributed by atoms with Crippen LogP contribution in [0.2, 0.25) is 0 Å². The van der Waals surface area contributed by atoms with Gasteiger partial charge in [-0.15, -0.1) is 0 Å². The Morgan fingerprint density at radius 3 is 1.81 bits per heavy atom. The molecule has 26 heavy (non-hydrogen) atoms. The molecule has 0 bridgehead atoms. The smallest absolute Gasteiger partial charge is 0.261 e. The van der Waals surface area contributed by atoms with Gasteiger partial charge in [0.15, 0.2) is 0 Å². The SMILES string of the molecule is CCCNS(=O)(=O)c1ccc(NS(=O)(=O)c2ccc(C(C)C)cc2)cc1. The molecule has 2 aromatic carbocycles. The quantitative estimate of drug-likeness (QED) is 0.716. The summed E-state index contributed by atoms with van der Waals surface area (Å²) in [6, 6.07) is 12.3. The van der Waals surface area contributed by atoms with Crippen molar-refractivity contribution in [1.82, 2.24) is 4.72 Å². The molecule has 6 nitrogen and oxygen atoms in total. The minimum atomic E-state index is -3.73. The van der Waals surface area contributed by atoms with Crippen molar-refractivity contribution in [2.75, 3.05) is 11.3 Å². The van der Waals surface area contributed by atoms with Crippen LogP contribution in [0.15, 0.2) is 58.3 Å². The Morgan fingerprint density at radius 1 is 0.808 bits per heavy atom. The lowest BCUT2D eigenvalue weighted by atomic mass is 10.0. The first kappa shape index (κ1) is 20.4. The molecule has 8 heteroatoms. The van der Waals surface area contributed by atoms with E-state index in [9.17, 15) is 16.8 Å². The second-order valence-electron chi connectivity index (χ2n) is 6.25. The van der Waals surface area contributed by atoms with E-state index >= 15 is 0 Å². The normalized spacial score (nSPS) is 12.3. The molecule has 2 aromatic rings. The summed E-state index contributed by atoms with van der Waals surface area (Å²) in [5, 5.41) is 0. The first-order chi connectivity index (χ1) is 12.2. The van der Waals surface area contributed by atoms with E-state index in [2.05, 4.69) is 9.44 Å². The van der Waals surface area contributed by atoms with E-state index in [0.29, 0.717) is 24.6 Å². The third-order valence-electron chi connectivity index (χ3n) is 3.82. The maximum absolute atomic E-state index is 12.5. The molecule has 0 fully saturated rings. The van der Waals surface area contributed by atoms with Gasteiger partial charge in [-0.05, 0) is 54.3 Å². The Hall–Kier alpha value is -1.90. The Morgan fingerprint density at radius 2 is 1.31 bits per heavy atom. The van der Waals surface area contributed by atoms with Crippen LogP contribution in [0.1, 0.15) is 38.7 Å². The van der Waals surface area contributed by atoms with Gasteiger partial charge in [0.05, 0.1) is 9.79 Å². The van der Waals surface area contributed by atoms with Crippen molar-refractivity contribution in [3.63, 3.8) is 0 Å². The number of hydrogen-bond acceptors (Lipinski definition) is 4. The molecule has 142 valence electrons. The van der Waals surface area contributed by atoms with Gasteiger partial charge in [-0.3, -0.25) is 4.72 Å². The predicted molar refractivity (Wildman–Crippen MR) is 103 cm³/mol. The second-order valence-corrected chi connectivity index (χ2v) is 9.70. The zero-order chi connectivity index (χ0) is 19.4. The maximum atomic E-state index is 12.5. The molecule has 0 aromatic heterocycles. The van der Waals surface area contributed by atoms with Crippen molar-refractivity contribution in [2.24, 2.45) is 0 Å². The van der Waals surface area contributed by atoms with Gasteiger partial charge in [0.25, 0.3) is 10.0 Å². The zero-order valence-electron chi connectivity index (χ0n) is 15.1. The van der Waals surface area contributed by atoms with Crippen LogP contribution in [0.4, 0.5) is 5.69 Å². The molecule has 0 radical (unpaired) electrons. The number of benzene rings is 2. The molecule has 0 aliphatic carbocycles. The molecule has 2 N–H and O–H groups in total. The average Bonchev–Trinajstić information content (AvgIpc) is 2.60. The van der Waals surface area contributed by atoms with Crippen molar-refractivity contribution < 1.29 is 16.8 Å². The number of sulfonamides is 2. The van der Waals surface area contributed by atoms with Crippen LogP contribution in [0.25, 0.3) is 0 Å². The van der Waals surface area contributed by atoms with Crippen molar-refractivity contribution in [1.29, 1.82) is 0 Å². The number of nitrogens with one attached hydrogen (secondary N) is 2. The standard InChI is InChI=1S/C18H24N2O4S2/c1-4-13-19-25(21,22)17-11-7-16(8-12-17)20-26(23,24)18-9-5-15(6-10-18)14(2)3/h5-12,14,19-20H,4,13H2,1-3H3. The highest BCUT2D eigenvalue weighted by molar-refractivity contribution is 7.92. The Balaban J connectivity index is 2.17. The second kappa shape index (κ2) is 8.20. The lowest BCUT2D eigenvalue weighted by molar-refractivity contribution is 0.581. The van der Waals surface area contributed by atoms with E-state index in [1.165, 1.54) is 24.3 Å². The monoisotopic (exact) mass is 396 g/mol. The lowest BCUT2D eigenvalue weighted by Gasteiger charge is -2.11. The topological polar surface area (TPSA) is 92.3 Å². The lowest BCUT2D eigenvalue weighted by Crippen LogP contribution is -2.24. The summed E-state index contributed by atoms with van der Waals surface area (Å²) < 4.78 is 53.9. The summed E-state index contributed by atoms with van der Waals surface area (Å²) in [6.45, 7) is 6.29. The fourth-order valence-corrected chi connectivity index (χ4v) is 4.46. The molecule has 0 aliphatic rings. The van der Waals surface area contributed by atoms with E-state index in [0.717, 1.165) is 5.56 Å². The number of anilines is 1. The third-order valence-corrected chi connectivity index (χ3v) is 6.69. The molecular formula is C18H24N2O4S2. The van der Waals surface area contributed by atoms with Gasteiger partial charge >= 0.3 is 0 Å². The first-order valence-electron chi connectivity index (χ1n) is 8.38. The minimum absolute atomic E-state index is 0.0928. The van der Waals surface area contributed by atoms with Gasteiger partial charge in [-0.2, -0.15) is 0 Å². The molecule has 0 amide bonds. The summed E-state index contributed by atoms with van der Waals surface area (Å²) in [5.74, 6) is 0.315. The van der Waals surface area contributed by atoms with Gasteiger partial charge in [-0.25, -0.2) is 21.6 Å². The molecule has 0 saturated carbocycles. The predicted octanol–water partition coefficient (Wildman–Crippen LogP) is 3.30. The van der Waals surface area contributed by atoms with Gasteiger partial charge in [0.2, 0.25) is 10.0 Å². The van der Waals surface area contributed by atoms with Crippen molar-refractivity contribution in [3.8, 4) is 0 Å². The third kappa shape index (κ3) is 5.06. The molecular weight excluding hydrogens is 372 g/mol. The van der Waals surface area contributed by atoms with Crippen LogP contribution in [-0.4, -0.2) is 23.4 Å². The zero-order valence-corrected chi connectivity index (χ0v) is 16.7. The summed E-state index contributed by atoms with van der Waals surface area (Å²) in [7, 11) is -7.31. The van der Waals surface area contributed by atoms with Crippen LogP contribution in [0.3, 0.4) is 0 Å². The van der Waals surface area contributed by atoms with Crippen molar-refractivity contribution in [3.05, 3.63) is 54.1 Å². The largest absolute Gasteiger partial charge is 0.280 e. The van der Waals surface area contributed by atoms with Crippen molar-refractivity contribution >= 4 is 25.7 Å². The van der Waals surface area contributed by atoms with Crippen LogP contribution in [0.5, 0.6) is 0 Å². The van der Waals surface area contributed by atoms with E-state index in [4.69, 9.17) is 0 Å². The summed E-state index contributed by atoms with van der Waals surface area (Å²) in [4.78, 5) is 0.249. The van der Waals surface area contributed by atoms with E-state index in [-0.39, 0.29) is 9.79 Å². The molecule has 0 aliphatic heterocycles. The number of rotatable bonds is 8. The van der Waals surface area contributed by atoms with Crippen LogP contribution < -0.4 is 9.44 Å². The Kier molecular flexibility index (Phi) is 6.44. The minimum Gasteiger partial charge on any atom is -0.280 e. The first-order valence-corrected chi connectivity index (χ1v) is 11.3. The van der Waals surface area contributed by atoms with E-state index < -0.39 is 20.0 Å². The summed E-state index contributed by atoms with van der Waals surface area (Å²) >= 11 is 0. The molecule has 0 spiro atoms. The number of hydrogen-bond donors (Lipinski definition) is 2. The van der Waals surface area contributed by atoms with Gasteiger partial charge < -0.3 is 0 Å². The Labute approximate surface area is 155 Å². The molecule has 0 atom stereocenters. The van der Waals surface area contributed by atoms with E-state index in [1.54, 1.807) is 24.3 Å². The highest BCUT2D eigenvalue weighted by Crippen LogP contribution is 2.21.